The average Bonchev–Trinajstić information content (AvgIpc) is 3.65. The van der Waals surface area contributed by atoms with Crippen LogP contribution in [0.1, 0.15) is 25.0 Å². The molecule has 242 valence electrons. The predicted molar refractivity (Wildman–Crippen MR) is 214 cm³/mol. The van der Waals surface area contributed by atoms with Gasteiger partial charge in [-0.25, -0.2) is 0 Å². The van der Waals surface area contributed by atoms with E-state index >= 15 is 0 Å². The quantitative estimate of drug-likeness (QED) is 0.184. The molecule has 0 amide bonds. The van der Waals surface area contributed by atoms with E-state index in [1.54, 1.807) is 0 Å². The number of anilines is 3. The molecular weight excluding hydrogens is 619 g/mol. The second-order valence-electron chi connectivity index (χ2n) is 14.2. The molecule has 1 aromatic heterocycles. The molecule has 10 rings (SSSR count). The highest BCUT2D eigenvalue weighted by atomic mass is 16.3. The lowest BCUT2D eigenvalue weighted by atomic mass is 9.82. The minimum absolute atomic E-state index is 0.0919. The van der Waals surface area contributed by atoms with Crippen molar-refractivity contribution in [3.05, 3.63) is 187 Å². The van der Waals surface area contributed by atoms with E-state index in [1.165, 1.54) is 49.8 Å². The fourth-order valence-corrected chi connectivity index (χ4v) is 8.25. The normalized spacial score (nSPS) is 13.1. The highest BCUT2D eigenvalue weighted by molar-refractivity contribution is 6.10. The van der Waals surface area contributed by atoms with Gasteiger partial charge in [0.05, 0.1) is 5.69 Å². The molecule has 0 spiro atoms. The van der Waals surface area contributed by atoms with Crippen LogP contribution < -0.4 is 4.90 Å². The molecule has 0 radical (unpaired) electrons. The second kappa shape index (κ2) is 11.3. The van der Waals surface area contributed by atoms with E-state index in [0.717, 1.165) is 44.4 Å². The number of fused-ring (bicyclic) bond motifs is 7. The van der Waals surface area contributed by atoms with Gasteiger partial charge in [-0.05, 0) is 104 Å². The van der Waals surface area contributed by atoms with E-state index in [9.17, 15) is 0 Å². The zero-order chi connectivity index (χ0) is 34.1. The summed E-state index contributed by atoms with van der Waals surface area (Å²) in [6.45, 7) is 4.69. The summed E-state index contributed by atoms with van der Waals surface area (Å²) in [6, 6.07) is 63.7. The molecule has 0 fully saturated rings. The zero-order valence-electron chi connectivity index (χ0n) is 28.6. The van der Waals surface area contributed by atoms with Crippen molar-refractivity contribution in [1.82, 2.24) is 0 Å². The van der Waals surface area contributed by atoms with Crippen molar-refractivity contribution in [3.8, 4) is 33.4 Å². The lowest BCUT2D eigenvalue weighted by Crippen LogP contribution is -2.16. The van der Waals surface area contributed by atoms with Gasteiger partial charge in [0.15, 0.2) is 0 Å². The number of hydrogen-bond donors (Lipinski definition) is 0. The first-order chi connectivity index (χ1) is 25.0. The average molecular weight is 654 g/mol. The van der Waals surface area contributed by atoms with Gasteiger partial charge in [0.2, 0.25) is 0 Å². The monoisotopic (exact) mass is 653 g/mol. The van der Waals surface area contributed by atoms with Gasteiger partial charge in [-0.2, -0.15) is 0 Å². The Balaban J connectivity index is 1.11. The molecule has 0 N–H and O–H groups in total. The molecule has 0 saturated heterocycles. The predicted octanol–water partition coefficient (Wildman–Crippen LogP) is 13.8. The van der Waals surface area contributed by atoms with Crippen LogP contribution in [0.2, 0.25) is 0 Å². The fraction of sp³-hybridized carbons (Fsp3) is 0.0612. The number of hydrogen-bond acceptors (Lipinski definition) is 2. The SMILES string of the molecule is CC1(C)c2ccccc2-c2c(N(c3ccc(-c4ccc5c(c4)oc4cc6ccccc6cc45)cc3)c3cccc(-c4ccccc4)c3)cccc21. The standard InChI is InChI=1S/C49H35NO/c1-49(2)43-19-9-8-18-41(43)48-44(49)20-11-21-45(48)50(39-17-10-16-34(28-39)32-12-4-3-5-13-32)38-25-22-33(23-26-38)37-24-27-40-42-29-35-14-6-7-15-36(35)30-47(42)51-46(40)31-37/h3-31H,1-2H3. The first-order valence-corrected chi connectivity index (χ1v) is 17.7. The molecule has 1 heterocycles. The molecule has 0 unspecified atom stereocenters. The molecule has 0 saturated carbocycles. The van der Waals surface area contributed by atoms with Crippen LogP contribution in [0, 0.1) is 0 Å². The first kappa shape index (κ1) is 29.5. The third-order valence-electron chi connectivity index (χ3n) is 10.8. The van der Waals surface area contributed by atoms with Gasteiger partial charge >= 0.3 is 0 Å². The van der Waals surface area contributed by atoms with Crippen molar-refractivity contribution in [1.29, 1.82) is 0 Å². The van der Waals surface area contributed by atoms with Crippen LogP contribution in [-0.2, 0) is 5.41 Å². The Morgan fingerprint density at radius 3 is 1.90 bits per heavy atom. The Kier molecular flexibility index (Phi) is 6.56. The van der Waals surface area contributed by atoms with Gasteiger partial charge in [-0.1, -0.05) is 135 Å². The Morgan fingerprint density at radius 1 is 0.431 bits per heavy atom. The largest absolute Gasteiger partial charge is 0.456 e. The molecule has 2 heteroatoms. The molecule has 0 atom stereocenters. The number of benzene rings is 8. The summed E-state index contributed by atoms with van der Waals surface area (Å²) >= 11 is 0. The Labute approximate surface area is 297 Å². The van der Waals surface area contributed by atoms with Crippen molar-refractivity contribution in [2.45, 2.75) is 19.3 Å². The molecule has 8 aromatic carbocycles. The summed E-state index contributed by atoms with van der Waals surface area (Å²) in [4.78, 5) is 2.43. The van der Waals surface area contributed by atoms with Gasteiger partial charge in [0.1, 0.15) is 11.2 Å². The minimum atomic E-state index is -0.0919. The maximum Gasteiger partial charge on any atom is 0.136 e. The first-order valence-electron chi connectivity index (χ1n) is 17.7. The fourth-order valence-electron chi connectivity index (χ4n) is 8.25. The van der Waals surface area contributed by atoms with Gasteiger partial charge in [0.25, 0.3) is 0 Å². The molecule has 2 nitrogen and oxygen atoms in total. The van der Waals surface area contributed by atoms with Crippen molar-refractivity contribution in [2.75, 3.05) is 4.90 Å². The lowest BCUT2D eigenvalue weighted by molar-refractivity contribution is 0.660. The van der Waals surface area contributed by atoms with Crippen LogP contribution in [0.3, 0.4) is 0 Å². The third-order valence-corrected chi connectivity index (χ3v) is 10.8. The van der Waals surface area contributed by atoms with Crippen LogP contribution in [0.5, 0.6) is 0 Å². The van der Waals surface area contributed by atoms with Crippen molar-refractivity contribution < 1.29 is 4.42 Å². The van der Waals surface area contributed by atoms with Gasteiger partial charge in [0, 0.05) is 33.1 Å². The highest BCUT2D eigenvalue weighted by Gasteiger charge is 2.37. The number of furan rings is 1. The molecule has 1 aliphatic carbocycles. The van der Waals surface area contributed by atoms with Crippen LogP contribution >= 0.6 is 0 Å². The molecule has 0 bridgehead atoms. The molecule has 9 aromatic rings. The summed E-state index contributed by atoms with van der Waals surface area (Å²) in [6.07, 6.45) is 0. The van der Waals surface area contributed by atoms with Gasteiger partial charge < -0.3 is 9.32 Å². The summed E-state index contributed by atoms with van der Waals surface area (Å²) in [5.41, 5.74) is 15.1. The minimum Gasteiger partial charge on any atom is -0.456 e. The maximum absolute atomic E-state index is 6.43. The summed E-state index contributed by atoms with van der Waals surface area (Å²) in [7, 11) is 0. The molecule has 1 aliphatic rings. The number of nitrogens with zero attached hydrogens (tertiary/aromatic N) is 1. The number of rotatable bonds is 5. The van der Waals surface area contributed by atoms with Crippen LogP contribution in [-0.4, -0.2) is 0 Å². The van der Waals surface area contributed by atoms with Crippen LogP contribution in [0.25, 0.3) is 66.1 Å². The summed E-state index contributed by atoms with van der Waals surface area (Å²) < 4.78 is 6.43. The van der Waals surface area contributed by atoms with Gasteiger partial charge in [-0.3, -0.25) is 0 Å². The van der Waals surface area contributed by atoms with E-state index in [0.29, 0.717) is 0 Å². The van der Waals surface area contributed by atoms with Crippen LogP contribution in [0.4, 0.5) is 17.1 Å². The van der Waals surface area contributed by atoms with Crippen LogP contribution in [0.15, 0.2) is 180 Å². The maximum atomic E-state index is 6.43. The lowest BCUT2D eigenvalue weighted by Gasteiger charge is -2.29. The van der Waals surface area contributed by atoms with Crippen molar-refractivity contribution in [3.63, 3.8) is 0 Å². The highest BCUT2D eigenvalue weighted by Crippen LogP contribution is 2.54. The smallest absolute Gasteiger partial charge is 0.136 e. The van der Waals surface area contributed by atoms with Crippen molar-refractivity contribution >= 4 is 49.8 Å². The molecule has 51 heavy (non-hydrogen) atoms. The van der Waals surface area contributed by atoms with E-state index in [2.05, 4.69) is 195 Å². The van der Waals surface area contributed by atoms with E-state index in [-0.39, 0.29) is 5.41 Å². The van der Waals surface area contributed by atoms with Crippen molar-refractivity contribution in [2.24, 2.45) is 0 Å². The Bertz CT molecular complexity index is 2770. The molecular formula is C49H35NO. The summed E-state index contributed by atoms with van der Waals surface area (Å²) in [5.74, 6) is 0. The third kappa shape index (κ3) is 4.71. The van der Waals surface area contributed by atoms with Gasteiger partial charge in [-0.15, -0.1) is 0 Å². The Hall–Kier alpha value is -6.38. The Morgan fingerprint density at radius 2 is 1.06 bits per heavy atom. The summed E-state index contributed by atoms with van der Waals surface area (Å²) in [5, 5.41) is 4.71. The second-order valence-corrected chi connectivity index (χ2v) is 14.2. The molecule has 0 aliphatic heterocycles. The van der Waals surface area contributed by atoms with E-state index < -0.39 is 0 Å². The topological polar surface area (TPSA) is 16.4 Å². The van der Waals surface area contributed by atoms with E-state index in [1.807, 2.05) is 0 Å². The van der Waals surface area contributed by atoms with E-state index in [4.69, 9.17) is 4.42 Å². The zero-order valence-corrected chi connectivity index (χ0v) is 28.6.